The number of alkyl halides is 2. The quantitative estimate of drug-likeness (QED) is 0.299. The maximum absolute atomic E-state index is 13.9. The summed E-state index contributed by atoms with van der Waals surface area (Å²) in [6.07, 6.45) is -1.33. The van der Waals surface area contributed by atoms with Gasteiger partial charge in [0.2, 0.25) is 0 Å². The predicted octanol–water partition coefficient (Wildman–Crippen LogP) is 4.03. The van der Waals surface area contributed by atoms with Crippen LogP contribution in [0.15, 0.2) is 48.8 Å². The normalized spacial score (nSPS) is 11.1. The highest BCUT2D eigenvalue weighted by molar-refractivity contribution is 5.86. The highest BCUT2D eigenvalue weighted by atomic mass is 19.3. The summed E-state index contributed by atoms with van der Waals surface area (Å²) in [7, 11) is 3.25. The molecule has 0 radical (unpaired) electrons. The smallest absolute Gasteiger partial charge is 0.267 e. The number of ether oxygens (including phenoxy) is 1. The summed E-state index contributed by atoms with van der Waals surface area (Å²) < 4.78 is 36.6. The zero-order chi connectivity index (χ0) is 29.3. The summed E-state index contributed by atoms with van der Waals surface area (Å²) in [5.74, 6) is 0.699. The fourth-order valence-corrected chi connectivity index (χ4v) is 3.97. The van der Waals surface area contributed by atoms with Crippen LogP contribution in [0.1, 0.15) is 29.1 Å². The molecular weight excluding hydrogens is 534 g/mol. The van der Waals surface area contributed by atoms with E-state index in [0.29, 0.717) is 34.0 Å². The molecule has 1 amide bonds. The van der Waals surface area contributed by atoms with E-state index in [1.165, 1.54) is 34.1 Å². The standard InChI is InChI=1S/C27H24F2N10O2/c1-15-5-7-23(35-34-15)32-20-10-19-21(11-22(20)41-13-25(40)37(3)4)38(14-31-19)24-8-6-18(26(28)29)27(33-24)39-16(2)9-17(12-30)36-39/h5-11,14,26H,13H2,1-4H3,(H,32,35). The summed E-state index contributed by atoms with van der Waals surface area (Å²) >= 11 is 0. The Morgan fingerprint density at radius 1 is 1.15 bits per heavy atom. The van der Waals surface area contributed by atoms with Crippen LogP contribution >= 0.6 is 0 Å². The summed E-state index contributed by atoms with van der Waals surface area (Å²) in [4.78, 5) is 22.6. The first-order valence-corrected chi connectivity index (χ1v) is 12.3. The van der Waals surface area contributed by atoms with Gasteiger partial charge >= 0.3 is 0 Å². The molecule has 12 nitrogen and oxygen atoms in total. The van der Waals surface area contributed by atoms with Crippen LogP contribution in [0.5, 0.6) is 5.75 Å². The van der Waals surface area contributed by atoms with Crippen LogP contribution in [0.4, 0.5) is 20.3 Å². The average molecular weight is 559 g/mol. The number of imidazole rings is 1. The van der Waals surface area contributed by atoms with Crippen molar-refractivity contribution in [2.24, 2.45) is 0 Å². The Morgan fingerprint density at radius 3 is 2.61 bits per heavy atom. The van der Waals surface area contributed by atoms with Gasteiger partial charge in [-0.2, -0.15) is 15.5 Å². The highest BCUT2D eigenvalue weighted by Gasteiger charge is 2.21. The second kappa shape index (κ2) is 11.0. The number of hydrogen-bond acceptors (Lipinski definition) is 9. The molecule has 14 heteroatoms. The number of rotatable bonds is 8. The highest BCUT2D eigenvalue weighted by Crippen LogP contribution is 2.34. The number of hydrogen-bond donors (Lipinski definition) is 1. The number of carbonyl (C=O) groups excluding carboxylic acids is 1. The molecule has 4 aromatic heterocycles. The van der Waals surface area contributed by atoms with E-state index < -0.39 is 6.43 Å². The molecular formula is C27H24F2N10O2. The molecule has 4 heterocycles. The molecule has 0 aliphatic carbocycles. The van der Waals surface area contributed by atoms with Crippen molar-refractivity contribution in [3.63, 3.8) is 0 Å². The second-order valence-electron chi connectivity index (χ2n) is 9.29. The van der Waals surface area contributed by atoms with E-state index in [0.717, 1.165) is 5.69 Å². The molecule has 0 fully saturated rings. The van der Waals surface area contributed by atoms with Crippen LogP contribution < -0.4 is 10.1 Å². The van der Waals surface area contributed by atoms with E-state index in [1.807, 2.05) is 13.0 Å². The van der Waals surface area contributed by atoms with Crippen molar-refractivity contribution in [2.45, 2.75) is 20.3 Å². The zero-order valence-electron chi connectivity index (χ0n) is 22.5. The van der Waals surface area contributed by atoms with Crippen LogP contribution in [-0.2, 0) is 4.79 Å². The molecule has 0 saturated carbocycles. The van der Waals surface area contributed by atoms with Crippen LogP contribution in [0.2, 0.25) is 0 Å². The lowest BCUT2D eigenvalue weighted by Gasteiger charge is -2.16. The third-order valence-corrected chi connectivity index (χ3v) is 6.13. The monoisotopic (exact) mass is 558 g/mol. The van der Waals surface area contributed by atoms with Gasteiger partial charge in [-0.05, 0) is 50.2 Å². The van der Waals surface area contributed by atoms with Crippen LogP contribution in [-0.4, -0.2) is 66.0 Å². The summed E-state index contributed by atoms with van der Waals surface area (Å²) in [5.41, 5.74) is 2.51. The van der Waals surface area contributed by atoms with E-state index in [4.69, 9.17) is 4.74 Å². The van der Waals surface area contributed by atoms with Gasteiger partial charge in [-0.1, -0.05) is 0 Å². The Balaban J connectivity index is 1.61. The minimum atomic E-state index is -2.83. The summed E-state index contributed by atoms with van der Waals surface area (Å²) in [6.45, 7) is 3.24. The predicted molar refractivity (Wildman–Crippen MR) is 145 cm³/mol. The number of aryl methyl sites for hydroxylation is 2. The van der Waals surface area contributed by atoms with E-state index in [9.17, 15) is 18.8 Å². The molecule has 0 bridgehead atoms. The molecule has 1 aromatic carbocycles. The number of fused-ring (bicyclic) bond motifs is 1. The van der Waals surface area contributed by atoms with Gasteiger partial charge in [0.05, 0.1) is 28.0 Å². The van der Waals surface area contributed by atoms with Crippen LogP contribution in [0, 0.1) is 25.2 Å². The largest absolute Gasteiger partial charge is 0.482 e. The number of carbonyl (C=O) groups is 1. The third-order valence-electron chi connectivity index (χ3n) is 6.13. The first-order chi connectivity index (χ1) is 19.6. The number of anilines is 2. The first kappa shape index (κ1) is 27.1. The number of nitrogens with one attached hydrogen (secondary N) is 1. The van der Waals surface area contributed by atoms with Gasteiger partial charge in [-0.15, -0.1) is 5.10 Å². The molecule has 1 N–H and O–H groups in total. The number of nitriles is 1. The summed E-state index contributed by atoms with van der Waals surface area (Å²) in [5, 5.41) is 24.7. The van der Waals surface area contributed by atoms with Crippen molar-refractivity contribution in [1.29, 1.82) is 5.26 Å². The number of halogens is 2. The second-order valence-corrected chi connectivity index (χ2v) is 9.29. The number of benzene rings is 1. The molecule has 0 atom stereocenters. The Kier molecular flexibility index (Phi) is 7.26. The molecule has 5 rings (SSSR count). The number of likely N-dealkylation sites (N-methyl/N-ethyl adjacent to an activating group) is 1. The van der Waals surface area contributed by atoms with Gasteiger partial charge in [-0.25, -0.2) is 23.4 Å². The SMILES string of the molecule is Cc1ccc(Nc2cc3ncn(-c4ccc(C(F)F)c(-n5nc(C#N)cc5C)n4)c3cc2OCC(=O)N(C)C)nn1. The van der Waals surface area contributed by atoms with Crippen molar-refractivity contribution in [3.8, 4) is 23.5 Å². The zero-order valence-corrected chi connectivity index (χ0v) is 22.5. The Morgan fingerprint density at radius 2 is 1.95 bits per heavy atom. The van der Waals surface area contributed by atoms with E-state index in [-0.39, 0.29) is 35.4 Å². The van der Waals surface area contributed by atoms with Crippen molar-refractivity contribution < 1.29 is 18.3 Å². The number of aromatic nitrogens is 7. The van der Waals surface area contributed by atoms with Gasteiger partial charge in [-0.3, -0.25) is 9.36 Å². The third kappa shape index (κ3) is 5.50. The fraction of sp³-hybridized carbons (Fsp3) is 0.222. The van der Waals surface area contributed by atoms with Crippen molar-refractivity contribution in [3.05, 3.63) is 71.4 Å². The van der Waals surface area contributed by atoms with Crippen LogP contribution in [0.25, 0.3) is 22.7 Å². The van der Waals surface area contributed by atoms with Gasteiger partial charge < -0.3 is 15.0 Å². The van der Waals surface area contributed by atoms with Crippen molar-refractivity contribution in [1.82, 2.24) is 39.4 Å². The van der Waals surface area contributed by atoms with Crippen LogP contribution in [0.3, 0.4) is 0 Å². The molecule has 0 aliphatic heterocycles. The maximum atomic E-state index is 13.9. The molecule has 0 spiro atoms. The maximum Gasteiger partial charge on any atom is 0.267 e. The lowest BCUT2D eigenvalue weighted by Crippen LogP contribution is -2.27. The fourth-order valence-electron chi connectivity index (χ4n) is 3.97. The molecule has 0 aliphatic rings. The lowest BCUT2D eigenvalue weighted by molar-refractivity contribution is -0.130. The van der Waals surface area contributed by atoms with Crippen molar-refractivity contribution in [2.75, 3.05) is 26.0 Å². The minimum absolute atomic E-state index is 0.0790. The van der Waals surface area contributed by atoms with Crippen molar-refractivity contribution >= 4 is 28.4 Å². The number of amides is 1. The first-order valence-electron chi connectivity index (χ1n) is 12.3. The van der Waals surface area contributed by atoms with E-state index >= 15 is 0 Å². The Bertz CT molecular complexity index is 1790. The number of nitrogens with zero attached hydrogens (tertiary/aromatic N) is 9. The molecule has 41 heavy (non-hydrogen) atoms. The Labute approximate surface area is 232 Å². The lowest BCUT2D eigenvalue weighted by atomic mass is 10.2. The van der Waals surface area contributed by atoms with Gasteiger partial charge in [0.1, 0.15) is 24.0 Å². The summed E-state index contributed by atoms with van der Waals surface area (Å²) in [6, 6.07) is 13.1. The number of pyridine rings is 1. The molecule has 0 saturated heterocycles. The van der Waals surface area contributed by atoms with E-state index in [1.54, 1.807) is 49.9 Å². The molecule has 208 valence electrons. The molecule has 5 aromatic rings. The van der Waals surface area contributed by atoms with Gasteiger partial charge in [0.25, 0.3) is 12.3 Å². The molecule has 0 unspecified atom stereocenters. The average Bonchev–Trinajstić information content (AvgIpc) is 3.54. The minimum Gasteiger partial charge on any atom is -0.482 e. The van der Waals surface area contributed by atoms with Gasteiger partial charge in [0, 0.05) is 25.9 Å². The van der Waals surface area contributed by atoms with Gasteiger partial charge in [0.15, 0.2) is 23.9 Å². The Hall–Kier alpha value is -5.45. The topological polar surface area (TPSA) is 140 Å². The van der Waals surface area contributed by atoms with E-state index in [2.05, 4.69) is 30.6 Å².